The highest BCUT2D eigenvalue weighted by Crippen LogP contribution is 2.16. The first-order chi connectivity index (χ1) is 9.47. The van der Waals surface area contributed by atoms with E-state index in [4.69, 9.17) is 16.2 Å². The van der Waals surface area contributed by atoms with E-state index in [-0.39, 0.29) is 25.0 Å². The van der Waals surface area contributed by atoms with Gasteiger partial charge in [0.25, 0.3) is 0 Å². The standard InChI is InChI=1S/C14H21N3O3/c1-10(15)2-7-14(19)17-11-3-5-12(6-4-11)20-9-8-13(16)18/h3-6,10H,2,7-9,15H2,1H3,(H2,16,18)(H,17,19). The fourth-order valence-corrected chi connectivity index (χ4v) is 1.49. The summed E-state index contributed by atoms with van der Waals surface area (Å²) in [5.74, 6) is 0.160. The van der Waals surface area contributed by atoms with E-state index in [2.05, 4.69) is 5.32 Å². The van der Waals surface area contributed by atoms with Crippen LogP contribution in [0.1, 0.15) is 26.2 Å². The minimum Gasteiger partial charge on any atom is -0.493 e. The molecule has 1 rings (SSSR count). The van der Waals surface area contributed by atoms with Crippen LogP contribution in [0, 0.1) is 0 Å². The molecule has 0 aromatic heterocycles. The van der Waals surface area contributed by atoms with Crippen LogP contribution in [0.5, 0.6) is 5.75 Å². The van der Waals surface area contributed by atoms with E-state index in [1.165, 1.54) is 0 Å². The number of ether oxygens (including phenoxy) is 1. The van der Waals surface area contributed by atoms with E-state index in [1.54, 1.807) is 24.3 Å². The minimum absolute atomic E-state index is 0.0155. The number of carbonyl (C=O) groups is 2. The fourth-order valence-electron chi connectivity index (χ4n) is 1.49. The molecule has 6 heteroatoms. The van der Waals surface area contributed by atoms with Gasteiger partial charge in [-0.25, -0.2) is 0 Å². The average Bonchev–Trinajstić information content (AvgIpc) is 2.38. The van der Waals surface area contributed by atoms with Crippen molar-refractivity contribution in [2.75, 3.05) is 11.9 Å². The molecule has 110 valence electrons. The van der Waals surface area contributed by atoms with Crippen LogP contribution >= 0.6 is 0 Å². The number of amides is 2. The minimum atomic E-state index is -0.400. The molecule has 0 fully saturated rings. The Kier molecular flexibility index (Phi) is 6.52. The summed E-state index contributed by atoms with van der Waals surface area (Å²) >= 11 is 0. The highest BCUT2D eigenvalue weighted by molar-refractivity contribution is 5.90. The maximum atomic E-state index is 11.6. The second-order valence-corrected chi connectivity index (χ2v) is 4.65. The molecule has 6 nitrogen and oxygen atoms in total. The van der Waals surface area contributed by atoms with Crippen molar-refractivity contribution >= 4 is 17.5 Å². The number of rotatable bonds is 8. The maximum absolute atomic E-state index is 11.6. The molecule has 5 N–H and O–H groups in total. The van der Waals surface area contributed by atoms with E-state index in [0.29, 0.717) is 24.3 Å². The summed E-state index contributed by atoms with van der Waals surface area (Å²) in [7, 11) is 0. The average molecular weight is 279 g/mol. The topological polar surface area (TPSA) is 107 Å². The number of hydrogen-bond acceptors (Lipinski definition) is 4. The second-order valence-electron chi connectivity index (χ2n) is 4.65. The molecular formula is C14H21N3O3. The van der Waals surface area contributed by atoms with Crippen LogP contribution in [0.2, 0.25) is 0 Å². The Bertz CT molecular complexity index is 443. The zero-order valence-electron chi connectivity index (χ0n) is 11.6. The lowest BCUT2D eigenvalue weighted by atomic mass is 10.2. The molecule has 1 aromatic carbocycles. The third-order valence-electron chi connectivity index (χ3n) is 2.58. The van der Waals surface area contributed by atoms with Crippen LogP contribution in [0.3, 0.4) is 0 Å². The van der Waals surface area contributed by atoms with Crippen molar-refractivity contribution in [3.05, 3.63) is 24.3 Å². The Hall–Kier alpha value is -2.08. The van der Waals surface area contributed by atoms with Crippen molar-refractivity contribution in [2.24, 2.45) is 11.5 Å². The van der Waals surface area contributed by atoms with Crippen LogP contribution in [0.4, 0.5) is 5.69 Å². The lowest BCUT2D eigenvalue weighted by Gasteiger charge is -2.08. The summed E-state index contributed by atoms with van der Waals surface area (Å²) in [6, 6.07) is 6.94. The van der Waals surface area contributed by atoms with Crippen molar-refractivity contribution in [1.29, 1.82) is 0 Å². The molecule has 20 heavy (non-hydrogen) atoms. The molecule has 0 aliphatic heterocycles. The first kappa shape index (κ1) is 16.0. The molecular weight excluding hydrogens is 258 g/mol. The van der Waals surface area contributed by atoms with Gasteiger partial charge in [-0.1, -0.05) is 0 Å². The van der Waals surface area contributed by atoms with Crippen molar-refractivity contribution < 1.29 is 14.3 Å². The van der Waals surface area contributed by atoms with Crippen LogP contribution < -0.4 is 21.5 Å². The van der Waals surface area contributed by atoms with Crippen LogP contribution in [-0.2, 0) is 9.59 Å². The highest BCUT2D eigenvalue weighted by Gasteiger charge is 2.04. The number of anilines is 1. The van der Waals surface area contributed by atoms with Crippen LogP contribution in [-0.4, -0.2) is 24.5 Å². The zero-order chi connectivity index (χ0) is 15.0. The van der Waals surface area contributed by atoms with Crippen molar-refractivity contribution in [3.8, 4) is 5.75 Å². The van der Waals surface area contributed by atoms with Crippen molar-refractivity contribution in [1.82, 2.24) is 0 Å². The number of nitrogens with one attached hydrogen (secondary N) is 1. The maximum Gasteiger partial charge on any atom is 0.224 e. The number of nitrogens with two attached hydrogens (primary N) is 2. The lowest BCUT2D eigenvalue weighted by Crippen LogP contribution is -2.19. The highest BCUT2D eigenvalue weighted by atomic mass is 16.5. The zero-order valence-corrected chi connectivity index (χ0v) is 11.6. The summed E-state index contributed by atoms with van der Waals surface area (Å²) in [5, 5.41) is 2.77. The first-order valence-electron chi connectivity index (χ1n) is 6.54. The van der Waals surface area contributed by atoms with Gasteiger partial charge in [0.15, 0.2) is 0 Å². The molecule has 1 atom stereocenters. The summed E-state index contributed by atoms with van der Waals surface area (Å²) in [4.78, 5) is 22.2. The van der Waals surface area contributed by atoms with Gasteiger partial charge in [-0.2, -0.15) is 0 Å². The van der Waals surface area contributed by atoms with Gasteiger partial charge in [0, 0.05) is 18.2 Å². The van der Waals surface area contributed by atoms with Gasteiger partial charge in [0.2, 0.25) is 11.8 Å². The van der Waals surface area contributed by atoms with E-state index in [1.807, 2.05) is 6.92 Å². The number of primary amides is 1. The predicted molar refractivity (Wildman–Crippen MR) is 77.3 cm³/mol. The summed E-state index contributed by atoms with van der Waals surface area (Å²) in [6.45, 7) is 2.11. The van der Waals surface area contributed by atoms with Gasteiger partial charge in [-0.05, 0) is 37.6 Å². The van der Waals surface area contributed by atoms with Crippen molar-refractivity contribution in [2.45, 2.75) is 32.2 Å². The normalized spacial score (nSPS) is 11.7. The van der Waals surface area contributed by atoms with E-state index in [0.717, 1.165) is 0 Å². The monoisotopic (exact) mass is 279 g/mol. The lowest BCUT2D eigenvalue weighted by molar-refractivity contribution is -0.118. The Morgan fingerprint density at radius 2 is 1.90 bits per heavy atom. The first-order valence-corrected chi connectivity index (χ1v) is 6.54. The Morgan fingerprint density at radius 3 is 2.45 bits per heavy atom. The van der Waals surface area contributed by atoms with Crippen molar-refractivity contribution in [3.63, 3.8) is 0 Å². The predicted octanol–water partition coefficient (Wildman–Crippen LogP) is 1.01. The molecule has 0 aliphatic carbocycles. The number of carbonyl (C=O) groups excluding carboxylic acids is 2. The van der Waals surface area contributed by atoms with Gasteiger partial charge >= 0.3 is 0 Å². The van der Waals surface area contributed by atoms with Crippen LogP contribution in [0.25, 0.3) is 0 Å². The van der Waals surface area contributed by atoms with Gasteiger partial charge in [0.1, 0.15) is 5.75 Å². The number of hydrogen-bond donors (Lipinski definition) is 3. The van der Waals surface area contributed by atoms with Gasteiger partial charge in [-0.3, -0.25) is 9.59 Å². The summed E-state index contributed by atoms with van der Waals surface area (Å²) < 4.78 is 5.33. The largest absolute Gasteiger partial charge is 0.493 e. The molecule has 0 bridgehead atoms. The molecule has 0 saturated heterocycles. The quantitative estimate of drug-likeness (QED) is 0.660. The Morgan fingerprint density at radius 1 is 1.25 bits per heavy atom. The molecule has 0 radical (unpaired) electrons. The summed E-state index contributed by atoms with van der Waals surface area (Å²) in [5.41, 5.74) is 11.3. The molecule has 0 saturated carbocycles. The third-order valence-corrected chi connectivity index (χ3v) is 2.58. The summed E-state index contributed by atoms with van der Waals surface area (Å²) in [6.07, 6.45) is 1.23. The van der Waals surface area contributed by atoms with Gasteiger partial charge in [0.05, 0.1) is 13.0 Å². The molecule has 0 spiro atoms. The van der Waals surface area contributed by atoms with Gasteiger partial charge in [-0.15, -0.1) is 0 Å². The SMILES string of the molecule is CC(N)CCC(=O)Nc1ccc(OCCC(N)=O)cc1. The molecule has 1 unspecified atom stereocenters. The second kappa shape index (κ2) is 8.16. The van der Waals surface area contributed by atoms with E-state index in [9.17, 15) is 9.59 Å². The fraction of sp³-hybridized carbons (Fsp3) is 0.429. The van der Waals surface area contributed by atoms with Gasteiger partial charge < -0.3 is 21.5 Å². The molecule has 2 amide bonds. The third kappa shape index (κ3) is 6.75. The van der Waals surface area contributed by atoms with E-state index < -0.39 is 5.91 Å². The van der Waals surface area contributed by atoms with E-state index >= 15 is 0 Å². The Labute approximate surface area is 118 Å². The van der Waals surface area contributed by atoms with Crippen LogP contribution in [0.15, 0.2) is 24.3 Å². The molecule has 1 aromatic rings. The molecule has 0 aliphatic rings. The molecule has 0 heterocycles. The number of benzene rings is 1. The smallest absolute Gasteiger partial charge is 0.224 e. The Balaban J connectivity index is 2.38.